The third-order valence-electron chi connectivity index (χ3n) is 7.91. The van der Waals surface area contributed by atoms with Crippen molar-refractivity contribution >= 4 is 11.8 Å². The van der Waals surface area contributed by atoms with E-state index in [-0.39, 0.29) is 29.3 Å². The third-order valence-corrected chi connectivity index (χ3v) is 7.91. The van der Waals surface area contributed by atoms with Crippen molar-refractivity contribution in [1.82, 2.24) is 0 Å². The summed E-state index contributed by atoms with van der Waals surface area (Å²) in [6.45, 7) is 6.11. The summed E-state index contributed by atoms with van der Waals surface area (Å²) in [4.78, 5) is 24.6. The molecule has 132 valence electrons. The molecule has 0 spiro atoms. The highest BCUT2D eigenvalue weighted by Gasteiger charge is 2.69. The van der Waals surface area contributed by atoms with Gasteiger partial charge in [0.25, 0.3) is 0 Å². The van der Waals surface area contributed by atoms with Crippen LogP contribution in [-0.2, 0) is 19.1 Å². The van der Waals surface area contributed by atoms with Crippen molar-refractivity contribution < 1.29 is 24.2 Å². The lowest BCUT2D eigenvalue weighted by Gasteiger charge is -2.44. The Morgan fingerprint density at radius 1 is 1.29 bits per heavy atom. The van der Waals surface area contributed by atoms with E-state index in [1.54, 1.807) is 12.2 Å². The van der Waals surface area contributed by atoms with Gasteiger partial charge in [-0.25, -0.2) is 0 Å². The summed E-state index contributed by atoms with van der Waals surface area (Å²) in [5, 5.41) is 11.0. The van der Waals surface area contributed by atoms with E-state index in [1.165, 1.54) is 0 Å². The average molecular weight is 334 g/mol. The lowest BCUT2D eigenvalue weighted by Crippen LogP contribution is -2.49. The Bertz CT molecular complexity index is 638. The molecule has 5 atom stereocenters. The van der Waals surface area contributed by atoms with Crippen LogP contribution >= 0.6 is 0 Å². The molecule has 0 aromatic heterocycles. The summed E-state index contributed by atoms with van der Waals surface area (Å²) >= 11 is 0. The average Bonchev–Trinajstić information content (AvgIpc) is 3.14. The van der Waals surface area contributed by atoms with Crippen LogP contribution in [0.1, 0.15) is 52.9 Å². The first-order chi connectivity index (χ1) is 11.2. The molecule has 3 fully saturated rings. The van der Waals surface area contributed by atoms with Gasteiger partial charge in [0, 0.05) is 17.8 Å². The third kappa shape index (κ3) is 1.72. The van der Waals surface area contributed by atoms with Crippen molar-refractivity contribution in [3.05, 3.63) is 12.2 Å². The molecule has 3 saturated carbocycles. The summed E-state index contributed by atoms with van der Waals surface area (Å²) in [5.74, 6) is -1.59. The van der Waals surface area contributed by atoms with Crippen LogP contribution in [0.3, 0.4) is 0 Å². The fourth-order valence-electron chi connectivity index (χ4n) is 5.61. The Balaban J connectivity index is 1.41. The summed E-state index contributed by atoms with van der Waals surface area (Å²) in [6, 6.07) is 0. The van der Waals surface area contributed by atoms with Gasteiger partial charge in [0.2, 0.25) is 0 Å². The number of ketones is 1. The second-order valence-corrected chi connectivity index (χ2v) is 8.81. The topological polar surface area (TPSA) is 72.8 Å². The molecule has 0 aromatic rings. The number of rotatable bonds is 4. The van der Waals surface area contributed by atoms with E-state index < -0.39 is 17.2 Å². The highest BCUT2D eigenvalue weighted by Crippen LogP contribution is 2.69. The molecule has 4 aliphatic rings. The Morgan fingerprint density at radius 3 is 2.50 bits per heavy atom. The minimum absolute atomic E-state index is 0.00667. The standard InChI is InChI=1S/C19H26O5/c1-16(2)13-6-7-17(16,3)19(22,10-13)24-11-23-15(21)18-8-4-12(5-9-18)14(18)20/h4,8,12-13,22H,5-7,9-11H2,1-3H3. The molecule has 5 heteroatoms. The minimum Gasteiger partial charge on any atom is -0.437 e. The maximum absolute atomic E-state index is 12.4. The number of Topliss-reactive ketones (excluding diaryl/α,β-unsaturated/α-hetero) is 1. The van der Waals surface area contributed by atoms with E-state index in [4.69, 9.17) is 9.47 Å². The number of allylic oxidation sites excluding steroid dienone is 1. The Labute approximate surface area is 142 Å². The van der Waals surface area contributed by atoms with Crippen molar-refractivity contribution in [2.45, 2.75) is 58.7 Å². The maximum atomic E-state index is 12.4. The van der Waals surface area contributed by atoms with Crippen LogP contribution in [0.2, 0.25) is 0 Å². The number of ether oxygens (including phenoxy) is 2. The summed E-state index contributed by atoms with van der Waals surface area (Å²) < 4.78 is 11.0. The van der Waals surface area contributed by atoms with Gasteiger partial charge in [0.05, 0.1) is 0 Å². The normalized spacial score (nSPS) is 47.6. The predicted octanol–water partition coefficient (Wildman–Crippen LogP) is 2.57. The molecule has 0 heterocycles. The van der Waals surface area contributed by atoms with Gasteiger partial charge in [-0.3, -0.25) is 9.59 Å². The highest BCUT2D eigenvalue weighted by atomic mass is 16.7. The van der Waals surface area contributed by atoms with Gasteiger partial charge in [0.1, 0.15) is 5.41 Å². The van der Waals surface area contributed by atoms with Crippen LogP contribution in [0.25, 0.3) is 0 Å². The van der Waals surface area contributed by atoms with Crippen LogP contribution in [-0.4, -0.2) is 29.4 Å². The van der Waals surface area contributed by atoms with Crippen molar-refractivity contribution in [2.24, 2.45) is 28.1 Å². The zero-order chi connectivity index (χ0) is 17.4. The fourth-order valence-corrected chi connectivity index (χ4v) is 5.61. The summed E-state index contributed by atoms with van der Waals surface area (Å²) in [7, 11) is 0. The molecular formula is C19H26O5. The van der Waals surface area contributed by atoms with Crippen LogP contribution in [0.5, 0.6) is 0 Å². The molecule has 0 aliphatic heterocycles. The first-order valence-corrected chi connectivity index (χ1v) is 8.94. The van der Waals surface area contributed by atoms with E-state index in [9.17, 15) is 14.7 Å². The molecule has 4 rings (SSSR count). The van der Waals surface area contributed by atoms with Gasteiger partial charge in [-0.2, -0.15) is 0 Å². The number of fused-ring (bicyclic) bond motifs is 4. The van der Waals surface area contributed by atoms with E-state index in [0.29, 0.717) is 25.2 Å². The first-order valence-electron chi connectivity index (χ1n) is 8.94. The maximum Gasteiger partial charge on any atom is 0.325 e. The Kier molecular flexibility index (Phi) is 3.19. The molecule has 4 aliphatic carbocycles. The van der Waals surface area contributed by atoms with Crippen LogP contribution in [0.4, 0.5) is 0 Å². The summed E-state index contributed by atoms with van der Waals surface area (Å²) in [5.41, 5.74) is -1.46. The Morgan fingerprint density at radius 2 is 2.04 bits per heavy atom. The Hall–Kier alpha value is -1.20. The van der Waals surface area contributed by atoms with E-state index >= 15 is 0 Å². The van der Waals surface area contributed by atoms with Crippen LogP contribution in [0.15, 0.2) is 12.2 Å². The zero-order valence-electron chi connectivity index (χ0n) is 14.6. The molecule has 4 bridgehead atoms. The van der Waals surface area contributed by atoms with Gasteiger partial charge in [0.15, 0.2) is 18.4 Å². The monoisotopic (exact) mass is 334 g/mol. The molecule has 1 N–H and O–H groups in total. The SMILES string of the molecule is CC1(C)C2CCC1(C)C(O)(OCOC(=O)C13C=CC(CC1)C3=O)C2. The molecule has 0 aromatic carbocycles. The number of aliphatic hydroxyl groups is 1. The van der Waals surface area contributed by atoms with E-state index in [1.807, 2.05) is 0 Å². The quantitative estimate of drug-likeness (QED) is 0.370. The molecule has 5 unspecified atom stereocenters. The van der Waals surface area contributed by atoms with Crippen molar-refractivity contribution in [3.63, 3.8) is 0 Å². The molecule has 24 heavy (non-hydrogen) atoms. The smallest absolute Gasteiger partial charge is 0.325 e. The molecule has 0 amide bonds. The lowest BCUT2D eigenvalue weighted by molar-refractivity contribution is -0.299. The minimum atomic E-state index is -1.27. The van der Waals surface area contributed by atoms with Gasteiger partial charge in [-0.15, -0.1) is 0 Å². The number of esters is 1. The number of hydrogen-bond donors (Lipinski definition) is 1. The van der Waals surface area contributed by atoms with Crippen molar-refractivity contribution in [3.8, 4) is 0 Å². The highest BCUT2D eigenvalue weighted by molar-refractivity contribution is 6.11. The zero-order valence-corrected chi connectivity index (χ0v) is 14.6. The van der Waals surface area contributed by atoms with Crippen LogP contribution < -0.4 is 0 Å². The number of hydrogen-bond acceptors (Lipinski definition) is 5. The first kappa shape index (κ1) is 16.3. The van der Waals surface area contributed by atoms with E-state index in [0.717, 1.165) is 12.8 Å². The van der Waals surface area contributed by atoms with Gasteiger partial charge in [-0.05, 0) is 37.0 Å². The molecule has 0 radical (unpaired) electrons. The second-order valence-electron chi connectivity index (χ2n) is 8.81. The number of carbonyl (C=O) groups is 2. The van der Waals surface area contributed by atoms with Crippen LogP contribution in [0, 0.1) is 28.1 Å². The van der Waals surface area contributed by atoms with Crippen molar-refractivity contribution in [2.75, 3.05) is 6.79 Å². The fraction of sp³-hybridized carbons (Fsp3) is 0.789. The molecular weight excluding hydrogens is 308 g/mol. The molecule has 5 nitrogen and oxygen atoms in total. The second kappa shape index (κ2) is 4.70. The predicted molar refractivity (Wildman–Crippen MR) is 85.5 cm³/mol. The van der Waals surface area contributed by atoms with E-state index in [2.05, 4.69) is 20.8 Å². The molecule has 0 saturated heterocycles. The lowest BCUT2D eigenvalue weighted by atomic mass is 9.68. The summed E-state index contributed by atoms with van der Waals surface area (Å²) in [6.07, 6.45) is 7.29. The van der Waals surface area contributed by atoms with Crippen molar-refractivity contribution in [1.29, 1.82) is 0 Å². The van der Waals surface area contributed by atoms with Gasteiger partial charge < -0.3 is 14.6 Å². The number of carbonyl (C=O) groups excluding carboxylic acids is 2. The van der Waals surface area contributed by atoms with Gasteiger partial charge in [-0.1, -0.05) is 32.9 Å². The largest absolute Gasteiger partial charge is 0.437 e. The van der Waals surface area contributed by atoms with Gasteiger partial charge >= 0.3 is 5.97 Å².